The third-order valence-electron chi connectivity index (χ3n) is 4.05. The van der Waals surface area contributed by atoms with Gasteiger partial charge in [0.1, 0.15) is 0 Å². The standard InChI is InChI=1S/C19H30N2O4/c1-6-25-19(23)13-21(9-10-24-5)12-18(22)20-16(4)17-8-7-14(2)15(3)11-17/h7-8,11,16H,6,9-10,12-13H2,1-5H3,(H,20,22). The minimum Gasteiger partial charge on any atom is -0.465 e. The molecule has 1 rings (SSSR count). The lowest BCUT2D eigenvalue weighted by Crippen LogP contribution is -2.42. The number of nitrogens with one attached hydrogen (secondary N) is 1. The van der Waals surface area contributed by atoms with Gasteiger partial charge in [-0.3, -0.25) is 14.5 Å². The number of methoxy groups -OCH3 is 1. The van der Waals surface area contributed by atoms with Gasteiger partial charge in [0.05, 0.1) is 32.3 Å². The first-order valence-electron chi connectivity index (χ1n) is 8.60. The number of aryl methyl sites for hydroxylation is 2. The highest BCUT2D eigenvalue weighted by Crippen LogP contribution is 2.16. The number of nitrogens with zero attached hydrogens (tertiary/aromatic N) is 1. The molecule has 0 aromatic heterocycles. The Bertz CT molecular complexity index is 575. The fraction of sp³-hybridized carbons (Fsp3) is 0.579. The van der Waals surface area contributed by atoms with Crippen molar-refractivity contribution in [2.75, 3.05) is 40.0 Å². The zero-order valence-electron chi connectivity index (χ0n) is 15.9. The summed E-state index contributed by atoms with van der Waals surface area (Å²) in [6.07, 6.45) is 0. The van der Waals surface area contributed by atoms with E-state index in [2.05, 4.69) is 31.3 Å². The van der Waals surface area contributed by atoms with Gasteiger partial charge in [-0.15, -0.1) is 0 Å². The van der Waals surface area contributed by atoms with Crippen LogP contribution in [0.5, 0.6) is 0 Å². The molecule has 1 unspecified atom stereocenters. The summed E-state index contributed by atoms with van der Waals surface area (Å²) >= 11 is 0. The average molecular weight is 350 g/mol. The van der Waals surface area contributed by atoms with Crippen LogP contribution in [0.4, 0.5) is 0 Å². The zero-order chi connectivity index (χ0) is 18.8. The average Bonchev–Trinajstić information content (AvgIpc) is 2.55. The molecule has 0 spiro atoms. The van der Waals surface area contributed by atoms with Crippen molar-refractivity contribution in [2.24, 2.45) is 0 Å². The van der Waals surface area contributed by atoms with Crippen molar-refractivity contribution in [1.82, 2.24) is 10.2 Å². The summed E-state index contributed by atoms with van der Waals surface area (Å²) in [7, 11) is 1.59. The highest BCUT2D eigenvalue weighted by atomic mass is 16.5. The number of amides is 1. The van der Waals surface area contributed by atoms with Gasteiger partial charge in [0.25, 0.3) is 0 Å². The lowest BCUT2D eigenvalue weighted by molar-refractivity contribution is -0.144. The molecule has 0 saturated carbocycles. The topological polar surface area (TPSA) is 67.9 Å². The van der Waals surface area contributed by atoms with E-state index in [4.69, 9.17) is 9.47 Å². The second-order valence-corrected chi connectivity index (χ2v) is 6.14. The van der Waals surface area contributed by atoms with Gasteiger partial charge in [0.2, 0.25) is 5.91 Å². The first-order chi connectivity index (χ1) is 11.9. The van der Waals surface area contributed by atoms with E-state index >= 15 is 0 Å². The van der Waals surface area contributed by atoms with Gasteiger partial charge in [-0.2, -0.15) is 0 Å². The molecule has 25 heavy (non-hydrogen) atoms. The maximum absolute atomic E-state index is 12.3. The van der Waals surface area contributed by atoms with E-state index in [9.17, 15) is 9.59 Å². The van der Waals surface area contributed by atoms with Gasteiger partial charge in [-0.25, -0.2) is 0 Å². The fourth-order valence-corrected chi connectivity index (χ4v) is 2.43. The van der Waals surface area contributed by atoms with Crippen molar-refractivity contribution >= 4 is 11.9 Å². The van der Waals surface area contributed by atoms with Gasteiger partial charge in [0.15, 0.2) is 0 Å². The number of ether oxygens (including phenoxy) is 2. The van der Waals surface area contributed by atoms with Gasteiger partial charge in [0, 0.05) is 13.7 Å². The first-order valence-corrected chi connectivity index (χ1v) is 8.60. The molecule has 0 radical (unpaired) electrons. The molecule has 1 aromatic rings. The van der Waals surface area contributed by atoms with Gasteiger partial charge < -0.3 is 14.8 Å². The van der Waals surface area contributed by atoms with Crippen LogP contribution in [0.1, 0.15) is 36.6 Å². The number of benzene rings is 1. The SMILES string of the molecule is CCOC(=O)CN(CCOC)CC(=O)NC(C)c1ccc(C)c(C)c1. The minimum atomic E-state index is -0.339. The van der Waals surface area contributed by atoms with E-state index in [1.54, 1.807) is 18.9 Å². The van der Waals surface area contributed by atoms with Crippen molar-refractivity contribution < 1.29 is 19.1 Å². The van der Waals surface area contributed by atoms with E-state index in [0.717, 1.165) is 5.56 Å². The van der Waals surface area contributed by atoms with Crippen LogP contribution in [0, 0.1) is 13.8 Å². The van der Waals surface area contributed by atoms with Crippen LogP contribution >= 0.6 is 0 Å². The molecule has 0 aliphatic carbocycles. The Hall–Kier alpha value is -1.92. The Morgan fingerprint density at radius 1 is 1.20 bits per heavy atom. The Morgan fingerprint density at radius 3 is 2.52 bits per heavy atom. The summed E-state index contributed by atoms with van der Waals surface area (Å²) in [6.45, 7) is 9.28. The summed E-state index contributed by atoms with van der Waals surface area (Å²) < 4.78 is 10.0. The summed E-state index contributed by atoms with van der Waals surface area (Å²) in [6, 6.07) is 6.06. The first kappa shape index (κ1) is 21.1. The molecule has 0 aliphatic rings. The Kier molecular flexibility index (Phi) is 9.16. The molecule has 1 aromatic carbocycles. The van der Waals surface area contributed by atoms with E-state index < -0.39 is 0 Å². The molecular formula is C19H30N2O4. The van der Waals surface area contributed by atoms with Gasteiger partial charge >= 0.3 is 5.97 Å². The molecule has 140 valence electrons. The summed E-state index contributed by atoms with van der Waals surface area (Å²) in [4.78, 5) is 25.7. The van der Waals surface area contributed by atoms with Crippen LogP contribution in [0.25, 0.3) is 0 Å². The van der Waals surface area contributed by atoms with E-state index in [1.807, 2.05) is 13.0 Å². The molecule has 1 atom stereocenters. The van der Waals surface area contributed by atoms with E-state index in [-0.39, 0.29) is 31.0 Å². The number of carbonyl (C=O) groups is 2. The Morgan fingerprint density at radius 2 is 1.92 bits per heavy atom. The van der Waals surface area contributed by atoms with E-state index in [1.165, 1.54) is 11.1 Å². The molecule has 6 heteroatoms. The number of esters is 1. The van der Waals surface area contributed by atoms with Crippen LogP contribution < -0.4 is 5.32 Å². The molecule has 1 amide bonds. The number of hydrogen-bond acceptors (Lipinski definition) is 5. The Balaban J connectivity index is 2.62. The van der Waals surface area contributed by atoms with Crippen molar-refractivity contribution in [1.29, 1.82) is 0 Å². The van der Waals surface area contributed by atoms with Gasteiger partial charge in [-0.1, -0.05) is 18.2 Å². The van der Waals surface area contributed by atoms with Crippen molar-refractivity contribution in [3.05, 3.63) is 34.9 Å². The van der Waals surface area contributed by atoms with Crippen LogP contribution in [0.2, 0.25) is 0 Å². The molecular weight excluding hydrogens is 320 g/mol. The molecule has 6 nitrogen and oxygen atoms in total. The maximum atomic E-state index is 12.3. The summed E-state index contributed by atoms with van der Waals surface area (Å²) in [5, 5.41) is 2.98. The normalized spacial score (nSPS) is 12.1. The van der Waals surface area contributed by atoms with Crippen LogP contribution in [0.15, 0.2) is 18.2 Å². The van der Waals surface area contributed by atoms with Crippen LogP contribution in [-0.2, 0) is 19.1 Å². The monoisotopic (exact) mass is 350 g/mol. The van der Waals surface area contributed by atoms with Crippen molar-refractivity contribution in [2.45, 2.75) is 33.7 Å². The second-order valence-electron chi connectivity index (χ2n) is 6.14. The summed E-state index contributed by atoms with van der Waals surface area (Å²) in [5.41, 5.74) is 3.48. The lowest BCUT2D eigenvalue weighted by Gasteiger charge is -2.22. The molecule has 0 heterocycles. The third kappa shape index (κ3) is 7.67. The molecule has 0 bridgehead atoms. The highest BCUT2D eigenvalue weighted by Gasteiger charge is 2.17. The lowest BCUT2D eigenvalue weighted by atomic mass is 10.0. The zero-order valence-corrected chi connectivity index (χ0v) is 15.9. The number of rotatable bonds is 10. The van der Waals surface area contributed by atoms with Crippen molar-refractivity contribution in [3.63, 3.8) is 0 Å². The smallest absolute Gasteiger partial charge is 0.320 e. The predicted molar refractivity (Wildman–Crippen MR) is 97.4 cm³/mol. The highest BCUT2D eigenvalue weighted by molar-refractivity contribution is 5.79. The van der Waals surface area contributed by atoms with Gasteiger partial charge in [-0.05, 0) is 44.4 Å². The maximum Gasteiger partial charge on any atom is 0.320 e. The van der Waals surface area contributed by atoms with Crippen LogP contribution in [0.3, 0.4) is 0 Å². The molecule has 0 aliphatic heterocycles. The third-order valence-corrected chi connectivity index (χ3v) is 4.05. The minimum absolute atomic E-state index is 0.0721. The summed E-state index contributed by atoms with van der Waals surface area (Å²) in [5.74, 6) is -0.472. The molecule has 0 fully saturated rings. The quantitative estimate of drug-likeness (QED) is 0.654. The number of carbonyl (C=O) groups excluding carboxylic acids is 2. The number of hydrogen-bond donors (Lipinski definition) is 1. The molecule has 0 saturated heterocycles. The predicted octanol–water partition coefficient (Wildman–Crippen LogP) is 1.99. The van der Waals surface area contributed by atoms with E-state index in [0.29, 0.717) is 19.8 Å². The second kappa shape index (κ2) is 10.8. The van der Waals surface area contributed by atoms with Crippen LogP contribution in [-0.4, -0.2) is 56.7 Å². The molecule has 1 N–H and O–H groups in total. The fourth-order valence-electron chi connectivity index (χ4n) is 2.43. The van der Waals surface area contributed by atoms with Crippen molar-refractivity contribution in [3.8, 4) is 0 Å². The largest absolute Gasteiger partial charge is 0.465 e. The Labute approximate surface area is 150 Å².